The third kappa shape index (κ3) is 3.22. The summed E-state index contributed by atoms with van der Waals surface area (Å²) in [6.45, 7) is 0. The Morgan fingerprint density at radius 3 is 2.60 bits per heavy atom. The summed E-state index contributed by atoms with van der Waals surface area (Å²) < 4.78 is 5.81. The maximum atomic E-state index is 7.57. The van der Waals surface area contributed by atoms with E-state index in [-0.39, 0.29) is 5.84 Å². The minimum atomic E-state index is -0.0552. The molecule has 0 aliphatic rings. The molecule has 0 radical (unpaired) electrons. The Morgan fingerprint density at radius 2 is 1.95 bits per heavy atom. The number of nitrogen functional groups attached to an aromatic ring is 1. The molecule has 3 N–H and O–H groups in total. The van der Waals surface area contributed by atoms with Crippen molar-refractivity contribution in [3.05, 3.63) is 53.1 Å². The van der Waals surface area contributed by atoms with Gasteiger partial charge in [0.25, 0.3) is 0 Å². The van der Waals surface area contributed by atoms with E-state index in [1.54, 1.807) is 18.2 Å². The fraction of sp³-hybridized carbons (Fsp3) is 0.133. The fourth-order valence-corrected chi connectivity index (χ4v) is 1.92. The minimum Gasteiger partial charge on any atom is -0.456 e. The molecule has 5 heteroatoms. The molecule has 0 aromatic heterocycles. The van der Waals surface area contributed by atoms with E-state index in [0.29, 0.717) is 22.1 Å². The Kier molecular flexibility index (Phi) is 4.15. The average molecular weight is 290 g/mol. The van der Waals surface area contributed by atoms with Crippen LogP contribution in [0.4, 0.5) is 5.69 Å². The summed E-state index contributed by atoms with van der Waals surface area (Å²) in [4.78, 5) is 1.98. The maximum Gasteiger partial charge on any atom is 0.139 e. The van der Waals surface area contributed by atoms with Crippen LogP contribution in [0.25, 0.3) is 0 Å². The molecule has 0 aliphatic heterocycles. The zero-order valence-corrected chi connectivity index (χ0v) is 12.1. The number of rotatable bonds is 4. The van der Waals surface area contributed by atoms with Crippen molar-refractivity contribution in [2.24, 2.45) is 5.73 Å². The Bertz CT molecular complexity index is 641. The highest BCUT2D eigenvalue weighted by molar-refractivity contribution is 6.30. The molecule has 2 rings (SSSR count). The van der Waals surface area contributed by atoms with E-state index in [2.05, 4.69) is 0 Å². The van der Waals surface area contributed by atoms with E-state index < -0.39 is 0 Å². The molecule has 0 fully saturated rings. The van der Waals surface area contributed by atoms with Gasteiger partial charge in [-0.15, -0.1) is 0 Å². The van der Waals surface area contributed by atoms with Crippen LogP contribution < -0.4 is 15.4 Å². The molecule has 104 valence electrons. The van der Waals surface area contributed by atoms with Crippen LogP contribution in [0.3, 0.4) is 0 Å². The van der Waals surface area contributed by atoms with Gasteiger partial charge < -0.3 is 15.4 Å². The number of anilines is 1. The zero-order chi connectivity index (χ0) is 14.7. The zero-order valence-electron chi connectivity index (χ0n) is 11.4. The highest BCUT2D eigenvalue weighted by atomic mass is 35.5. The van der Waals surface area contributed by atoms with Gasteiger partial charge in [0.1, 0.15) is 17.3 Å². The van der Waals surface area contributed by atoms with Gasteiger partial charge in [0.2, 0.25) is 0 Å². The van der Waals surface area contributed by atoms with Gasteiger partial charge in [-0.2, -0.15) is 0 Å². The Hall–Kier alpha value is -2.20. The summed E-state index contributed by atoms with van der Waals surface area (Å²) in [6.07, 6.45) is 0. The van der Waals surface area contributed by atoms with E-state index in [1.165, 1.54) is 0 Å². The number of amidine groups is 1. The summed E-state index contributed by atoms with van der Waals surface area (Å²) in [5.74, 6) is 1.09. The maximum absolute atomic E-state index is 7.57. The SMILES string of the molecule is CN(C)c1cccc(Oc2cc(Cl)ccc2C(=N)N)c1. The Morgan fingerprint density at radius 1 is 1.20 bits per heavy atom. The molecule has 0 amide bonds. The number of ether oxygens (including phenoxy) is 1. The third-order valence-corrected chi connectivity index (χ3v) is 3.03. The van der Waals surface area contributed by atoms with Crippen LogP contribution >= 0.6 is 11.6 Å². The lowest BCUT2D eigenvalue weighted by molar-refractivity contribution is 0.481. The summed E-state index contributed by atoms with van der Waals surface area (Å²) >= 11 is 5.97. The molecule has 2 aromatic rings. The molecule has 0 saturated carbocycles. The molecule has 0 bridgehead atoms. The monoisotopic (exact) mass is 289 g/mol. The van der Waals surface area contributed by atoms with Crippen LogP contribution in [0.5, 0.6) is 11.5 Å². The van der Waals surface area contributed by atoms with E-state index in [9.17, 15) is 0 Å². The van der Waals surface area contributed by atoms with Crippen molar-refractivity contribution in [1.29, 1.82) is 5.41 Å². The van der Waals surface area contributed by atoms with Gasteiger partial charge in [0.15, 0.2) is 0 Å². The lowest BCUT2D eigenvalue weighted by Crippen LogP contribution is -2.12. The number of nitrogens with zero attached hydrogens (tertiary/aromatic N) is 1. The highest BCUT2D eigenvalue weighted by Crippen LogP contribution is 2.30. The van der Waals surface area contributed by atoms with Crippen LogP contribution in [0.15, 0.2) is 42.5 Å². The van der Waals surface area contributed by atoms with Crippen molar-refractivity contribution < 1.29 is 4.74 Å². The predicted molar refractivity (Wildman–Crippen MR) is 83.3 cm³/mol. The predicted octanol–water partition coefficient (Wildman–Crippen LogP) is 3.48. The van der Waals surface area contributed by atoms with Gasteiger partial charge in [0, 0.05) is 36.9 Å². The normalized spacial score (nSPS) is 10.2. The standard InChI is InChI=1S/C15H16ClN3O/c1-19(2)11-4-3-5-12(9-11)20-14-8-10(16)6-7-13(14)15(17)18/h3-9H,1-2H3,(H3,17,18). The summed E-state index contributed by atoms with van der Waals surface area (Å²) in [5, 5.41) is 8.11. The average Bonchev–Trinajstić information content (AvgIpc) is 2.38. The molecule has 0 unspecified atom stereocenters. The number of halogens is 1. The first kappa shape index (κ1) is 14.2. The molecule has 4 nitrogen and oxygen atoms in total. The van der Waals surface area contributed by atoms with Gasteiger partial charge in [-0.1, -0.05) is 17.7 Å². The van der Waals surface area contributed by atoms with Crippen LogP contribution in [0.1, 0.15) is 5.56 Å². The van der Waals surface area contributed by atoms with E-state index in [0.717, 1.165) is 5.69 Å². The second-order valence-corrected chi connectivity index (χ2v) is 4.98. The molecule has 0 atom stereocenters. The highest BCUT2D eigenvalue weighted by Gasteiger charge is 2.09. The number of benzene rings is 2. The Balaban J connectivity index is 2.36. The molecule has 0 spiro atoms. The molecule has 0 saturated heterocycles. The fourth-order valence-electron chi connectivity index (χ4n) is 1.76. The Labute approximate surface area is 123 Å². The second kappa shape index (κ2) is 5.84. The van der Waals surface area contributed by atoms with Crippen molar-refractivity contribution in [1.82, 2.24) is 0 Å². The van der Waals surface area contributed by atoms with Crippen LogP contribution in [-0.4, -0.2) is 19.9 Å². The smallest absolute Gasteiger partial charge is 0.139 e. The van der Waals surface area contributed by atoms with Gasteiger partial charge in [-0.25, -0.2) is 0 Å². The van der Waals surface area contributed by atoms with Crippen molar-refractivity contribution in [3.8, 4) is 11.5 Å². The van der Waals surface area contributed by atoms with Gasteiger partial charge in [-0.05, 0) is 24.3 Å². The first-order valence-electron chi connectivity index (χ1n) is 6.06. The van der Waals surface area contributed by atoms with Gasteiger partial charge in [-0.3, -0.25) is 5.41 Å². The molecular formula is C15H16ClN3O. The van der Waals surface area contributed by atoms with Crippen molar-refractivity contribution >= 4 is 23.1 Å². The van der Waals surface area contributed by atoms with Gasteiger partial charge >= 0.3 is 0 Å². The lowest BCUT2D eigenvalue weighted by Gasteiger charge is -2.15. The number of nitrogens with two attached hydrogens (primary N) is 1. The van der Waals surface area contributed by atoms with Crippen LogP contribution in [0.2, 0.25) is 5.02 Å². The third-order valence-electron chi connectivity index (χ3n) is 2.80. The molecule has 0 heterocycles. The molecule has 0 aliphatic carbocycles. The van der Waals surface area contributed by atoms with Crippen molar-refractivity contribution in [2.75, 3.05) is 19.0 Å². The summed E-state index contributed by atoms with van der Waals surface area (Å²) in [5.41, 5.74) is 7.09. The van der Waals surface area contributed by atoms with E-state index in [1.807, 2.05) is 43.3 Å². The van der Waals surface area contributed by atoms with Crippen molar-refractivity contribution in [2.45, 2.75) is 0 Å². The largest absolute Gasteiger partial charge is 0.456 e. The molecule has 2 aromatic carbocycles. The number of hydrogen-bond donors (Lipinski definition) is 2. The molecular weight excluding hydrogens is 274 g/mol. The number of hydrogen-bond acceptors (Lipinski definition) is 3. The molecule has 20 heavy (non-hydrogen) atoms. The van der Waals surface area contributed by atoms with Crippen LogP contribution in [-0.2, 0) is 0 Å². The summed E-state index contributed by atoms with van der Waals surface area (Å²) in [7, 11) is 3.92. The quantitative estimate of drug-likeness (QED) is 0.669. The van der Waals surface area contributed by atoms with E-state index in [4.69, 9.17) is 27.5 Å². The lowest BCUT2D eigenvalue weighted by atomic mass is 10.2. The topological polar surface area (TPSA) is 62.3 Å². The van der Waals surface area contributed by atoms with E-state index >= 15 is 0 Å². The summed E-state index contributed by atoms with van der Waals surface area (Å²) in [6, 6.07) is 12.7. The first-order valence-corrected chi connectivity index (χ1v) is 6.44. The van der Waals surface area contributed by atoms with Crippen LogP contribution in [0, 0.1) is 5.41 Å². The van der Waals surface area contributed by atoms with Crippen molar-refractivity contribution in [3.63, 3.8) is 0 Å². The second-order valence-electron chi connectivity index (χ2n) is 4.55. The minimum absolute atomic E-state index is 0.0552. The first-order chi connectivity index (χ1) is 9.47. The number of nitrogens with one attached hydrogen (secondary N) is 1. The van der Waals surface area contributed by atoms with Gasteiger partial charge in [0.05, 0.1) is 5.56 Å².